The normalized spacial score (nSPS) is 22.0. The van der Waals surface area contributed by atoms with Gasteiger partial charge in [0.05, 0.1) is 5.69 Å². The van der Waals surface area contributed by atoms with E-state index < -0.39 is 0 Å². The monoisotopic (exact) mass is 324 g/mol. The summed E-state index contributed by atoms with van der Waals surface area (Å²) in [4.78, 5) is 28.5. The highest BCUT2D eigenvalue weighted by atomic mass is 32.2. The summed E-state index contributed by atoms with van der Waals surface area (Å²) in [5, 5.41) is 6.41. The van der Waals surface area contributed by atoms with E-state index in [9.17, 15) is 9.59 Å². The van der Waals surface area contributed by atoms with Gasteiger partial charge in [-0.3, -0.25) is 10.1 Å². The Morgan fingerprint density at radius 1 is 1.36 bits per heavy atom. The molecule has 2 aliphatic rings. The van der Waals surface area contributed by atoms with E-state index in [0.29, 0.717) is 18.1 Å². The van der Waals surface area contributed by atoms with Gasteiger partial charge in [0.25, 0.3) is 0 Å². The maximum Gasteiger partial charge on any atom is 0.324 e. The molecule has 1 aromatic heterocycles. The summed E-state index contributed by atoms with van der Waals surface area (Å²) < 4.78 is 5.00. The Morgan fingerprint density at radius 3 is 2.82 bits per heavy atom. The Bertz CT molecular complexity index is 556. The molecule has 1 atom stereocenters. The van der Waals surface area contributed by atoms with Gasteiger partial charge in [0.15, 0.2) is 0 Å². The predicted octanol–water partition coefficient (Wildman–Crippen LogP) is 1.55. The second kappa shape index (κ2) is 6.60. The maximum atomic E-state index is 12.6. The number of aryl methyl sites for hydroxylation is 1. The van der Waals surface area contributed by atoms with E-state index in [1.54, 1.807) is 17.9 Å². The molecule has 1 N–H and O–H groups in total. The van der Waals surface area contributed by atoms with Crippen molar-refractivity contribution in [3.8, 4) is 0 Å². The Kier molecular flexibility index (Phi) is 4.56. The first-order chi connectivity index (χ1) is 10.6. The number of likely N-dealkylation sites (tertiary alicyclic amines) is 1. The van der Waals surface area contributed by atoms with Crippen LogP contribution in [0.3, 0.4) is 0 Å². The maximum absolute atomic E-state index is 12.6. The van der Waals surface area contributed by atoms with Crippen molar-refractivity contribution in [2.45, 2.75) is 25.8 Å². The fourth-order valence-corrected chi connectivity index (χ4v) is 3.76. The topological polar surface area (TPSA) is 78.7 Å². The lowest BCUT2D eigenvalue weighted by Crippen LogP contribution is -2.50. The van der Waals surface area contributed by atoms with Crippen LogP contribution in [-0.4, -0.2) is 64.1 Å². The SMILES string of the molecule is Cc1cc(NC(=O)N2CCCC2C(=O)N2CCSCC2)on1. The zero-order valence-corrected chi connectivity index (χ0v) is 13.4. The number of carbonyl (C=O) groups excluding carboxylic acids is 2. The first-order valence-electron chi connectivity index (χ1n) is 7.52. The van der Waals surface area contributed by atoms with Crippen molar-refractivity contribution in [2.24, 2.45) is 0 Å². The zero-order valence-electron chi connectivity index (χ0n) is 12.6. The summed E-state index contributed by atoms with van der Waals surface area (Å²) in [6.07, 6.45) is 1.58. The molecule has 0 radical (unpaired) electrons. The minimum absolute atomic E-state index is 0.0710. The van der Waals surface area contributed by atoms with Gasteiger partial charge >= 0.3 is 6.03 Å². The van der Waals surface area contributed by atoms with Crippen molar-refractivity contribution in [3.05, 3.63) is 11.8 Å². The summed E-state index contributed by atoms with van der Waals surface area (Å²) in [6, 6.07) is 1.01. The van der Waals surface area contributed by atoms with Crippen LogP contribution in [0.25, 0.3) is 0 Å². The molecule has 3 heterocycles. The first-order valence-corrected chi connectivity index (χ1v) is 8.68. The highest BCUT2D eigenvalue weighted by molar-refractivity contribution is 7.99. The van der Waals surface area contributed by atoms with Crippen molar-refractivity contribution < 1.29 is 14.1 Å². The highest BCUT2D eigenvalue weighted by Crippen LogP contribution is 2.22. The van der Waals surface area contributed by atoms with Crippen LogP contribution < -0.4 is 5.32 Å². The third-order valence-electron chi connectivity index (χ3n) is 3.98. The standard InChI is InChI=1S/C14H20N4O3S/c1-10-9-12(21-16-10)15-14(20)18-4-2-3-11(18)13(19)17-5-7-22-8-6-17/h9,11H,2-8H2,1H3,(H,15,20). The van der Waals surface area contributed by atoms with E-state index in [2.05, 4.69) is 10.5 Å². The quantitative estimate of drug-likeness (QED) is 0.893. The van der Waals surface area contributed by atoms with Crippen molar-refractivity contribution in [3.63, 3.8) is 0 Å². The number of aromatic nitrogens is 1. The van der Waals surface area contributed by atoms with Gasteiger partial charge in [-0.25, -0.2) is 4.79 Å². The molecule has 3 amide bonds. The number of carbonyl (C=O) groups is 2. The molecular formula is C14H20N4O3S. The number of hydrogen-bond acceptors (Lipinski definition) is 5. The minimum atomic E-state index is -0.355. The van der Waals surface area contributed by atoms with Crippen LogP contribution in [0, 0.1) is 6.92 Å². The minimum Gasteiger partial charge on any atom is -0.339 e. The fourth-order valence-electron chi connectivity index (χ4n) is 2.86. The van der Waals surface area contributed by atoms with Gasteiger partial charge in [-0.2, -0.15) is 11.8 Å². The molecule has 1 aromatic rings. The molecule has 3 rings (SSSR count). The Morgan fingerprint density at radius 2 is 2.14 bits per heavy atom. The lowest BCUT2D eigenvalue weighted by molar-refractivity contribution is -0.134. The lowest BCUT2D eigenvalue weighted by Gasteiger charge is -2.32. The number of urea groups is 1. The average molecular weight is 324 g/mol. The largest absolute Gasteiger partial charge is 0.339 e. The molecular weight excluding hydrogens is 304 g/mol. The van der Waals surface area contributed by atoms with Crippen molar-refractivity contribution in [1.82, 2.24) is 15.0 Å². The van der Waals surface area contributed by atoms with Gasteiger partial charge in [0.2, 0.25) is 11.8 Å². The molecule has 2 fully saturated rings. The Hall–Kier alpha value is -1.70. The highest BCUT2D eigenvalue weighted by Gasteiger charge is 2.37. The molecule has 120 valence electrons. The van der Waals surface area contributed by atoms with Crippen LogP contribution >= 0.6 is 11.8 Å². The number of rotatable bonds is 2. The molecule has 2 saturated heterocycles. The fraction of sp³-hybridized carbons (Fsp3) is 0.643. The van der Waals surface area contributed by atoms with Gasteiger partial charge in [-0.1, -0.05) is 5.16 Å². The number of anilines is 1. The summed E-state index contributed by atoms with van der Waals surface area (Å²) in [6.45, 7) is 3.93. The number of nitrogens with one attached hydrogen (secondary N) is 1. The molecule has 1 unspecified atom stereocenters. The molecule has 0 bridgehead atoms. The van der Waals surface area contributed by atoms with Crippen molar-refractivity contribution in [2.75, 3.05) is 36.5 Å². The van der Waals surface area contributed by atoms with Crippen molar-refractivity contribution >= 4 is 29.6 Å². The molecule has 0 aliphatic carbocycles. The van der Waals surface area contributed by atoms with E-state index in [1.165, 1.54) is 0 Å². The van der Waals surface area contributed by atoms with Crippen LogP contribution in [0.5, 0.6) is 0 Å². The van der Waals surface area contributed by atoms with Crippen LogP contribution in [0.4, 0.5) is 10.7 Å². The first kappa shape index (κ1) is 15.2. The molecule has 0 saturated carbocycles. The molecule has 22 heavy (non-hydrogen) atoms. The Labute approximate surface area is 133 Å². The van der Waals surface area contributed by atoms with Gasteiger partial charge in [0.1, 0.15) is 6.04 Å². The number of hydrogen-bond donors (Lipinski definition) is 1. The van der Waals surface area contributed by atoms with Crippen LogP contribution in [0.1, 0.15) is 18.5 Å². The zero-order chi connectivity index (χ0) is 15.5. The summed E-state index contributed by atoms with van der Waals surface area (Å²) >= 11 is 1.86. The van der Waals surface area contributed by atoms with Gasteiger partial charge in [0, 0.05) is 37.2 Å². The smallest absolute Gasteiger partial charge is 0.324 e. The van der Waals surface area contributed by atoms with Crippen LogP contribution in [-0.2, 0) is 4.79 Å². The second-order valence-electron chi connectivity index (χ2n) is 5.55. The third-order valence-corrected chi connectivity index (χ3v) is 4.92. The van der Waals surface area contributed by atoms with E-state index in [0.717, 1.165) is 37.4 Å². The van der Waals surface area contributed by atoms with Crippen LogP contribution in [0.15, 0.2) is 10.6 Å². The van der Waals surface area contributed by atoms with Crippen molar-refractivity contribution in [1.29, 1.82) is 0 Å². The molecule has 7 nitrogen and oxygen atoms in total. The molecule has 0 spiro atoms. The second-order valence-corrected chi connectivity index (χ2v) is 6.78. The van der Waals surface area contributed by atoms with Gasteiger partial charge in [-0.15, -0.1) is 0 Å². The van der Waals surface area contributed by atoms with E-state index in [-0.39, 0.29) is 18.0 Å². The van der Waals surface area contributed by atoms with Crippen LogP contribution in [0.2, 0.25) is 0 Å². The third kappa shape index (κ3) is 3.21. The average Bonchev–Trinajstić information content (AvgIpc) is 3.16. The summed E-state index contributed by atoms with van der Waals surface area (Å²) in [5.41, 5.74) is 0.704. The van der Waals surface area contributed by atoms with E-state index in [4.69, 9.17) is 4.52 Å². The number of nitrogens with zero attached hydrogens (tertiary/aromatic N) is 3. The Balaban J connectivity index is 1.64. The summed E-state index contributed by atoms with van der Waals surface area (Å²) in [5.74, 6) is 2.33. The van der Waals surface area contributed by atoms with E-state index >= 15 is 0 Å². The molecule has 2 aliphatic heterocycles. The summed E-state index contributed by atoms with van der Waals surface area (Å²) in [7, 11) is 0. The molecule has 8 heteroatoms. The predicted molar refractivity (Wildman–Crippen MR) is 83.9 cm³/mol. The number of amides is 3. The van der Waals surface area contributed by atoms with E-state index in [1.807, 2.05) is 16.7 Å². The molecule has 0 aromatic carbocycles. The van der Waals surface area contributed by atoms with Gasteiger partial charge < -0.3 is 14.3 Å². The lowest BCUT2D eigenvalue weighted by atomic mass is 10.2. The van der Waals surface area contributed by atoms with Gasteiger partial charge in [-0.05, 0) is 19.8 Å². The number of thioether (sulfide) groups is 1.